The van der Waals surface area contributed by atoms with Gasteiger partial charge in [-0.15, -0.1) is 12.4 Å². The predicted molar refractivity (Wildman–Crippen MR) is 76.0 cm³/mol. The molecule has 1 aliphatic heterocycles. The first-order valence-corrected chi connectivity index (χ1v) is 7.69. The fourth-order valence-electron chi connectivity index (χ4n) is 2.20. The number of nitrogens with one attached hydrogen (secondary N) is 1. The lowest BCUT2D eigenvalue weighted by molar-refractivity contribution is -0.129. The van der Waals surface area contributed by atoms with Crippen LogP contribution >= 0.6 is 24.2 Å². The van der Waals surface area contributed by atoms with Crippen LogP contribution in [-0.4, -0.2) is 48.5 Å². The Morgan fingerprint density at radius 1 is 1.29 bits per heavy atom. The second-order valence-electron chi connectivity index (χ2n) is 4.94. The molecule has 0 radical (unpaired) electrons. The average Bonchev–Trinajstić information content (AvgIpc) is 3.11. The molecule has 0 aromatic heterocycles. The minimum absolute atomic E-state index is 0. The fourth-order valence-corrected chi connectivity index (χ4v) is 2.63. The number of hydrogen-bond donors (Lipinski definition) is 1. The summed E-state index contributed by atoms with van der Waals surface area (Å²) in [5.41, 5.74) is 0. The predicted octanol–water partition coefficient (Wildman–Crippen LogP) is 1.76. The average molecular weight is 279 g/mol. The van der Waals surface area contributed by atoms with Gasteiger partial charge in [0.2, 0.25) is 5.91 Å². The number of halogens is 1. The summed E-state index contributed by atoms with van der Waals surface area (Å²) in [6.07, 6.45) is 7.08. The number of piperidine rings is 1. The molecular weight excluding hydrogens is 256 g/mol. The van der Waals surface area contributed by atoms with Gasteiger partial charge in [-0.05, 0) is 44.4 Å². The van der Waals surface area contributed by atoms with Crippen LogP contribution in [0.3, 0.4) is 0 Å². The minimum atomic E-state index is 0. The van der Waals surface area contributed by atoms with Crippen LogP contribution in [0.2, 0.25) is 0 Å². The molecule has 0 aromatic rings. The van der Waals surface area contributed by atoms with E-state index in [9.17, 15) is 4.79 Å². The molecule has 0 atom stereocenters. The van der Waals surface area contributed by atoms with Crippen molar-refractivity contribution in [2.24, 2.45) is 5.92 Å². The molecule has 0 bridgehead atoms. The Labute approximate surface area is 114 Å². The van der Waals surface area contributed by atoms with Crippen LogP contribution in [0.25, 0.3) is 0 Å². The lowest BCUT2D eigenvalue weighted by atomic mass is 10.0. The Morgan fingerprint density at radius 3 is 2.47 bits per heavy atom. The van der Waals surface area contributed by atoms with Crippen molar-refractivity contribution in [1.29, 1.82) is 0 Å². The topological polar surface area (TPSA) is 32.3 Å². The molecule has 1 aliphatic carbocycles. The standard InChI is InChI=1S/C12H22N2OS.ClH/c1-16-9-12(15)14-6-4-11(5-7-14)13-8-10-2-3-10;/h10-11,13H,2-9H2,1H3;1H. The first kappa shape index (κ1) is 15.1. The van der Waals surface area contributed by atoms with E-state index >= 15 is 0 Å². The van der Waals surface area contributed by atoms with E-state index < -0.39 is 0 Å². The van der Waals surface area contributed by atoms with Crippen LogP contribution in [0.15, 0.2) is 0 Å². The van der Waals surface area contributed by atoms with E-state index in [1.54, 1.807) is 11.8 Å². The van der Waals surface area contributed by atoms with Gasteiger partial charge in [-0.3, -0.25) is 4.79 Å². The largest absolute Gasteiger partial charge is 0.342 e. The van der Waals surface area contributed by atoms with Crippen molar-refractivity contribution in [3.63, 3.8) is 0 Å². The fraction of sp³-hybridized carbons (Fsp3) is 0.917. The minimum Gasteiger partial charge on any atom is -0.342 e. The highest BCUT2D eigenvalue weighted by molar-refractivity contribution is 7.99. The zero-order valence-electron chi connectivity index (χ0n) is 10.5. The normalized spacial score (nSPS) is 21.1. The maximum absolute atomic E-state index is 11.7. The maximum Gasteiger partial charge on any atom is 0.232 e. The number of carbonyl (C=O) groups excluding carboxylic acids is 1. The summed E-state index contributed by atoms with van der Waals surface area (Å²) in [7, 11) is 0. The van der Waals surface area contributed by atoms with Crippen molar-refractivity contribution in [2.45, 2.75) is 31.7 Å². The highest BCUT2D eigenvalue weighted by Crippen LogP contribution is 2.28. The van der Waals surface area contributed by atoms with Crippen LogP contribution < -0.4 is 5.32 Å². The smallest absolute Gasteiger partial charge is 0.232 e. The molecule has 17 heavy (non-hydrogen) atoms. The summed E-state index contributed by atoms with van der Waals surface area (Å²) in [4.78, 5) is 13.7. The molecule has 2 rings (SSSR count). The second kappa shape index (κ2) is 7.49. The Kier molecular flexibility index (Phi) is 6.67. The van der Waals surface area contributed by atoms with Gasteiger partial charge in [0, 0.05) is 19.1 Å². The van der Waals surface area contributed by atoms with E-state index in [2.05, 4.69) is 5.32 Å². The molecule has 0 unspecified atom stereocenters. The molecule has 2 fully saturated rings. The van der Waals surface area contributed by atoms with Gasteiger partial charge in [0.15, 0.2) is 0 Å². The van der Waals surface area contributed by atoms with Crippen LogP contribution in [0.5, 0.6) is 0 Å². The van der Waals surface area contributed by atoms with Crippen molar-refractivity contribution in [3.05, 3.63) is 0 Å². The van der Waals surface area contributed by atoms with Crippen LogP contribution in [0, 0.1) is 5.92 Å². The number of rotatable bonds is 5. The van der Waals surface area contributed by atoms with Crippen LogP contribution in [0.4, 0.5) is 0 Å². The summed E-state index contributed by atoms with van der Waals surface area (Å²) in [5.74, 6) is 1.91. The van der Waals surface area contributed by atoms with Crippen molar-refractivity contribution >= 4 is 30.1 Å². The lowest BCUT2D eigenvalue weighted by Gasteiger charge is -2.32. The Hall–Kier alpha value is 0.0700. The van der Waals surface area contributed by atoms with Gasteiger partial charge in [-0.2, -0.15) is 11.8 Å². The number of nitrogens with zero attached hydrogens (tertiary/aromatic N) is 1. The monoisotopic (exact) mass is 278 g/mol. The highest BCUT2D eigenvalue weighted by Gasteiger charge is 2.25. The van der Waals surface area contributed by atoms with Gasteiger partial charge < -0.3 is 10.2 Å². The van der Waals surface area contributed by atoms with Gasteiger partial charge in [0.1, 0.15) is 0 Å². The third-order valence-electron chi connectivity index (χ3n) is 3.51. The van der Waals surface area contributed by atoms with Gasteiger partial charge >= 0.3 is 0 Å². The SMILES string of the molecule is CSCC(=O)N1CCC(NCC2CC2)CC1.Cl. The quantitative estimate of drug-likeness (QED) is 0.832. The van der Waals surface area contributed by atoms with Crippen molar-refractivity contribution < 1.29 is 4.79 Å². The highest BCUT2D eigenvalue weighted by atomic mass is 35.5. The first-order valence-electron chi connectivity index (χ1n) is 6.29. The second-order valence-corrected chi connectivity index (χ2v) is 5.81. The molecule has 0 aromatic carbocycles. The molecule has 5 heteroatoms. The Bertz CT molecular complexity index is 241. The van der Waals surface area contributed by atoms with Crippen molar-refractivity contribution in [3.8, 4) is 0 Å². The molecule has 100 valence electrons. The molecule has 0 spiro atoms. The van der Waals surface area contributed by atoms with E-state index in [1.165, 1.54) is 19.4 Å². The lowest BCUT2D eigenvalue weighted by Crippen LogP contribution is -2.45. The van der Waals surface area contributed by atoms with Crippen molar-refractivity contribution in [1.82, 2.24) is 10.2 Å². The Morgan fingerprint density at radius 2 is 1.94 bits per heavy atom. The Balaban J connectivity index is 0.00000144. The number of carbonyl (C=O) groups is 1. The first-order chi connectivity index (χ1) is 7.79. The molecule has 2 aliphatic rings. The molecule has 1 heterocycles. The summed E-state index contributed by atoms with van der Waals surface area (Å²) in [6, 6.07) is 0.652. The zero-order valence-corrected chi connectivity index (χ0v) is 12.1. The van der Waals surface area contributed by atoms with Crippen LogP contribution in [0.1, 0.15) is 25.7 Å². The third-order valence-corrected chi connectivity index (χ3v) is 4.04. The summed E-state index contributed by atoms with van der Waals surface area (Å²) < 4.78 is 0. The molecule has 1 saturated carbocycles. The number of amides is 1. The molecular formula is C12H23ClN2OS. The van der Waals surface area contributed by atoms with Gasteiger partial charge in [0.25, 0.3) is 0 Å². The van der Waals surface area contributed by atoms with Gasteiger partial charge in [0.05, 0.1) is 5.75 Å². The third kappa shape index (κ3) is 5.06. The zero-order chi connectivity index (χ0) is 11.4. The van der Waals surface area contributed by atoms with E-state index in [0.717, 1.165) is 31.8 Å². The van der Waals surface area contributed by atoms with E-state index in [4.69, 9.17) is 0 Å². The molecule has 1 amide bonds. The van der Waals surface area contributed by atoms with Crippen LogP contribution in [-0.2, 0) is 4.79 Å². The maximum atomic E-state index is 11.7. The van der Waals surface area contributed by atoms with Crippen molar-refractivity contribution in [2.75, 3.05) is 31.6 Å². The van der Waals surface area contributed by atoms with E-state index in [-0.39, 0.29) is 12.4 Å². The number of thioether (sulfide) groups is 1. The van der Waals surface area contributed by atoms with Gasteiger partial charge in [-0.25, -0.2) is 0 Å². The molecule has 1 saturated heterocycles. The van der Waals surface area contributed by atoms with Gasteiger partial charge in [-0.1, -0.05) is 0 Å². The number of hydrogen-bond acceptors (Lipinski definition) is 3. The summed E-state index contributed by atoms with van der Waals surface area (Å²) >= 11 is 1.62. The van der Waals surface area contributed by atoms with E-state index in [1.807, 2.05) is 11.2 Å². The van der Waals surface area contributed by atoms with E-state index in [0.29, 0.717) is 17.7 Å². The summed E-state index contributed by atoms with van der Waals surface area (Å²) in [5, 5.41) is 3.63. The molecule has 3 nitrogen and oxygen atoms in total. The molecule has 1 N–H and O–H groups in total. The number of likely N-dealkylation sites (tertiary alicyclic amines) is 1. The summed E-state index contributed by atoms with van der Waals surface area (Å²) in [6.45, 7) is 3.09.